The minimum absolute atomic E-state index is 0.209. The molecule has 2 heterocycles. The van der Waals surface area contributed by atoms with Crippen molar-refractivity contribution < 1.29 is 9.13 Å². The van der Waals surface area contributed by atoms with Gasteiger partial charge in [-0.05, 0) is 18.2 Å². The summed E-state index contributed by atoms with van der Waals surface area (Å²) in [7, 11) is 1.45. The Kier molecular flexibility index (Phi) is 3.13. The number of benzene rings is 1. The van der Waals surface area contributed by atoms with Crippen molar-refractivity contribution >= 4 is 0 Å². The molecule has 1 aromatic heterocycles. The van der Waals surface area contributed by atoms with E-state index in [2.05, 4.69) is 15.3 Å². The van der Waals surface area contributed by atoms with Crippen molar-refractivity contribution in [3.8, 4) is 17.1 Å². The Bertz CT molecular complexity index is 616. The lowest BCUT2D eigenvalue weighted by molar-refractivity contribution is 0.386. The average molecular weight is 259 g/mol. The highest BCUT2D eigenvalue weighted by Crippen LogP contribution is 2.25. The van der Waals surface area contributed by atoms with Gasteiger partial charge >= 0.3 is 0 Å². The number of nitrogens with one attached hydrogen (secondary N) is 1. The second kappa shape index (κ2) is 4.93. The molecule has 1 aliphatic heterocycles. The Morgan fingerprint density at radius 1 is 1.37 bits per heavy atom. The van der Waals surface area contributed by atoms with Crippen LogP contribution in [0.2, 0.25) is 0 Å². The minimum atomic E-state index is -0.381. The SMILES string of the molecule is COc1cc(-c2ncc3c(n2)CCNC3)ccc1F. The van der Waals surface area contributed by atoms with Crippen molar-refractivity contribution in [1.82, 2.24) is 15.3 Å². The summed E-state index contributed by atoms with van der Waals surface area (Å²) in [5.41, 5.74) is 2.95. The van der Waals surface area contributed by atoms with Crippen LogP contribution in [0.4, 0.5) is 4.39 Å². The van der Waals surface area contributed by atoms with Crippen molar-refractivity contribution in [2.45, 2.75) is 13.0 Å². The van der Waals surface area contributed by atoms with Crippen molar-refractivity contribution in [2.24, 2.45) is 0 Å². The van der Waals surface area contributed by atoms with E-state index in [9.17, 15) is 4.39 Å². The molecule has 98 valence electrons. The summed E-state index contributed by atoms with van der Waals surface area (Å²) in [5.74, 6) is 0.438. The normalized spacial score (nSPS) is 14.0. The molecule has 4 nitrogen and oxygen atoms in total. The van der Waals surface area contributed by atoms with Crippen LogP contribution in [-0.4, -0.2) is 23.6 Å². The summed E-state index contributed by atoms with van der Waals surface area (Å²) in [4.78, 5) is 8.90. The third-order valence-electron chi connectivity index (χ3n) is 3.22. The Hall–Kier alpha value is -2.01. The smallest absolute Gasteiger partial charge is 0.165 e. The highest BCUT2D eigenvalue weighted by Gasteiger charge is 2.13. The molecule has 0 saturated carbocycles. The summed E-state index contributed by atoms with van der Waals surface area (Å²) in [6.45, 7) is 1.73. The quantitative estimate of drug-likeness (QED) is 0.895. The van der Waals surface area contributed by atoms with Gasteiger partial charge < -0.3 is 10.1 Å². The molecular formula is C14H14FN3O. The molecule has 5 heteroatoms. The molecule has 1 aromatic carbocycles. The number of aromatic nitrogens is 2. The number of ether oxygens (including phenoxy) is 1. The van der Waals surface area contributed by atoms with Gasteiger partial charge in [-0.25, -0.2) is 14.4 Å². The van der Waals surface area contributed by atoms with Gasteiger partial charge in [0.05, 0.1) is 12.8 Å². The number of hydrogen-bond acceptors (Lipinski definition) is 4. The molecular weight excluding hydrogens is 245 g/mol. The van der Waals surface area contributed by atoms with Gasteiger partial charge in [0.2, 0.25) is 0 Å². The first-order valence-corrected chi connectivity index (χ1v) is 6.17. The van der Waals surface area contributed by atoms with E-state index >= 15 is 0 Å². The summed E-state index contributed by atoms with van der Waals surface area (Å²) in [6.07, 6.45) is 2.73. The Morgan fingerprint density at radius 2 is 2.26 bits per heavy atom. The fourth-order valence-corrected chi connectivity index (χ4v) is 2.17. The fourth-order valence-electron chi connectivity index (χ4n) is 2.17. The van der Waals surface area contributed by atoms with Crippen LogP contribution in [0.5, 0.6) is 5.75 Å². The van der Waals surface area contributed by atoms with Crippen LogP contribution in [0.3, 0.4) is 0 Å². The molecule has 0 spiro atoms. The maximum Gasteiger partial charge on any atom is 0.165 e. The van der Waals surface area contributed by atoms with Gasteiger partial charge in [0, 0.05) is 36.8 Å². The predicted molar refractivity (Wildman–Crippen MR) is 69.4 cm³/mol. The van der Waals surface area contributed by atoms with Crippen molar-refractivity contribution in [3.63, 3.8) is 0 Å². The minimum Gasteiger partial charge on any atom is -0.494 e. The second-order valence-electron chi connectivity index (χ2n) is 4.44. The number of methoxy groups -OCH3 is 1. The van der Waals surface area contributed by atoms with Crippen molar-refractivity contribution in [1.29, 1.82) is 0 Å². The van der Waals surface area contributed by atoms with E-state index in [0.717, 1.165) is 36.3 Å². The summed E-state index contributed by atoms with van der Waals surface area (Å²) < 4.78 is 18.4. The zero-order chi connectivity index (χ0) is 13.2. The molecule has 0 unspecified atom stereocenters. The van der Waals surface area contributed by atoms with Crippen LogP contribution in [0.15, 0.2) is 24.4 Å². The first kappa shape index (κ1) is 12.0. The molecule has 0 radical (unpaired) electrons. The third-order valence-corrected chi connectivity index (χ3v) is 3.22. The van der Waals surface area contributed by atoms with E-state index in [0.29, 0.717) is 5.82 Å². The van der Waals surface area contributed by atoms with Crippen molar-refractivity contribution in [2.75, 3.05) is 13.7 Å². The standard InChI is InChI=1S/C14H14FN3O/c1-19-13-6-9(2-3-11(13)15)14-17-8-10-7-16-5-4-12(10)18-14/h2-3,6,8,16H,4-5,7H2,1H3. The van der Waals surface area contributed by atoms with Gasteiger partial charge in [0.1, 0.15) is 0 Å². The molecule has 0 bridgehead atoms. The topological polar surface area (TPSA) is 47.0 Å². The van der Waals surface area contributed by atoms with E-state index in [1.54, 1.807) is 12.1 Å². The molecule has 0 fully saturated rings. The molecule has 3 rings (SSSR count). The Balaban J connectivity index is 2.02. The first-order valence-electron chi connectivity index (χ1n) is 6.17. The molecule has 0 saturated heterocycles. The van der Waals surface area contributed by atoms with E-state index in [-0.39, 0.29) is 11.6 Å². The lowest BCUT2D eigenvalue weighted by Gasteiger charge is -2.16. The number of hydrogen-bond donors (Lipinski definition) is 1. The largest absolute Gasteiger partial charge is 0.494 e. The first-order chi connectivity index (χ1) is 9.28. The van der Waals surface area contributed by atoms with Gasteiger partial charge in [-0.3, -0.25) is 0 Å². The maximum absolute atomic E-state index is 13.4. The molecule has 0 atom stereocenters. The van der Waals surface area contributed by atoms with E-state index in [1.807, 2.05) is 6.20 Å². The van der Waals surface area contributed by atoms with E-state index < -0.39 is 0 Å². The number of rotatable bonds is 2. The van der Waals surface area contributed by atoms with Gasteiger partial charge in [-0.15, -0.1) is 0 Å². The number of nitrogens with zero attached hydrogens (tertiary/aromatic N) is 2. The second-order valence-corrected chi connectivity index (χ2v) is 4.44. The average Bonchev–Trinajstić information content (AvgIpc) is 2.47. The highest BCUT2D eigenvalue weighted by molar-refractivity contribution is 5.58. The monoisotopic (exact) mass is 259 g/mol. The van der Waals surface area contributed by atoms with Crippen molar-refractivity contribution in [3.05, 3.63) is 41.5 Å². The van der Waals surface area contributed by atoms with Crippen LogP contribution >= 0.6 is 0 Å². The number of halogens is 1. The summed E-state index contributed by atoms with van der Waals surface area (Å²) in [5, 5.41) is 3.28. The van der Waals surface area contributed by atoms with Crippen LogP contribution in [0, 0.1) is 5.82 Å². The third kappa shape index (κ3) is 2.29. The summed E-state index contributed by atoms with van der Waals surface area (Å²) in [6, 6.07) is 4.66. The van der Waals surface area contributed by atoms with Crippen LogP contribution in [-0.2, 0) is 13.0 Å². The predicted octanol–water partition coefficient (Wildman–Crippen LogP) is 1.94. The van der Waals surface area contributed by atoms with Gasteiger partial charge in [-0.2, -0.15) is 0 Å². The molecule has 2 aromatic rings. The maximum atomic E-state index is 13.4. The van der Waals surface area contributed by atoms with Gasteiger partial charge in [-0.1, -0.05) is 0 Å². The van der Waals surface area contributed by atoms with Crippen LogP contribution < -0.4 is 10.1 Å². The molecule has 0 amide bonds. The Morgan fingerprint density at radius 3 is 3.11 bits per heavy atom. The highest BCUT2D eigenvalue weighted by atomic mass is 19.1. The lowest BCUT2D eigenvalue weighted by atomic mass is 10.1. The number of fused-ring (bicyclic) bond motifs is 1. The molecule has 0 aliphatic carbocycles. The van der Waals surface area contributed by atoms with Crippen LogP contribution in [0.1, 0.15) is 11.3 Å². The van der Waals surface area contributed by atoms with Gasteiger partial charge in [0.15, 0.2) is 17.4 Å². The lowest BCUT2D eigenvalue weighted by Crippen LogP contribution is -2.24. The van der Waals surface area contributed by atoms with E-state index in [1.165, 1.54) is 13.2 Å². The Labute approximate surface area is 110 Å². The molecule has 1 aliphatic rings. The summed E-state index contributed by atoms with van der Waals surface area (Å²) >= 11 is 0. The zero-order valence-electron chi connectivity index (χ0n) is 10.6. The van der Waals surface area contributed by atoms with Gasteiger partial charge in [0.25, 0.3) is 0 Å². The molecule has 19 heavy (non-hydrogen) atoms. The molecule has 1 N–H and O–H groups in total. The van der Waals surface area contributed by atoms with E-state index in [4.69, 9.17) is 4.74 Å². The zero-order valence-corrected chi connectivity index (χ0v) is 10.6. The fraction of sp³-hybridized carbons (Fsp3) is 0.286. The van der Waals surface area contributed by atoms with Crippen LogP contribution in [0.25, 0.3) is 11.4 Å².